The third-order valence-electron chi connectivity index (χ3n) is 2.01. The zero-order valence-electron chi connectivity index (χ0n) is 8.62. The fraction of sp³-hybridized carbons (Fsp3) is 0.182. The molecule has 1 aromatic carbocycles. The Morgan fingerprint density at radius 1 is 1.19 bits per heavy atom. The Labute approximate surface area is 98.5 Å². The zero-order valence-corrected chi connectivity index (χ0v) is 9.38. The second-order valence-corrected chi connectivity index (χ2v) is 3.47. The number of nitrogens with zero attached hydrogens (tertiary/aromatic N) is 4. The third-order valence-corrected chi connectivity index (χ3v) is 2.19. The quantitative estimate of drug-likeness (QED) is 0.601. The van der Waals surface area contributed by atoms with E-state index in [0.29, 0.717) is 18.2 Å². The number of aromatic nitrogens is 4. The highest BCUT2D eigenvalue weighted by atomic mass is 35.5. The van der Waals surface area contributed by atoms with Crippen molar-refractivity contribution in [2.75, 3.05) is 5.88 Å². The highest BCUT2D eigenvalue weighted by Crippen LogP contribution is 2.11. The summed E-state index contributed by atoms with van der Waals surface area (Å²) in [6.07, 6.45) is 3.76. The number of allylic oxidation sites excluding steroid dienone is 2. The Morgan fingerprint density at radius 2 is 2.00 bits per heavy atom. The van der Waals surface area contributed by atoms with Crippen LogP contribution in [0.1, 0.15) is 0 Å². The molecule has 0 atom stereocenters. The lowest BCUT2D eigenvalue weighted by Gasteiger charge is -1.92. The van der Waals surface area contributed by atoms with Crippen molar-refractivity contribution in [3.05, 3.63) is 42.5 Å². The van der Waals surface area contributed by atoms with Crippen molar-refractivity contribution in [3.63, 3.8) is 0 Å². The van der Waals surface area contributed by atoms with Crippen LogP contribution in [0.4, 0.5) is 0 Å². The standard InChI is InChI=1S/C11H11ClN4/c12-8-4-5-9-16-14-11(13-15-16)10-6-2-1-3-7-10/h1-7H,8-9H2. The fourth-order valence-corrected chi connectivity index (χ4v) is 1.38. The first-order valence-corrected chi connectivity index (χ1v) is 5.48. The van der Waals surface area contributed by atoms with Gasteiger partial charge in [-0.3, -0.25) is 0 Å². The molecular weight excluding hydrogens is 224 g/mol. The Balaban J connectivity index is 2.11. The van der Waals surface area contributed by atoms with E-state index in [4.69, 9.17) is 11.6 Å². The number of tetrazole rings is 1. The normalized spacial score (nSPS) is 11.1. The van der Waals surface area contributed by atoms with Gasteiger partial charge >= 0.3 is 0 Å². The van der Waals surface area contributed by atoms with Crippen LogP contribution in [0.5, 0.6) is 0 Å². The first-order valence-electron chi connectivity index (χ1n) is 4.94. The van der Waals surface area contributed by atoms with Crippen molar-refractivity contribution in [1.82, 2.24) is 20.2 Å². The van der Waals surface area contributed by atoms with Crippen LogP contribution in [-0.2, 0) is 6.54 Å². The largest absolute Gasteiger partial charge is 0.204 e. The minimum atomic E-state index is 0.500. The molecule has 2 aromatic rings. The Hall–Kier alpha value is -1.68. The molecule has 16 heavy (non-hydrogen) atoms. The Morgan fingerprint density at radius 3 is 2.75 bits per heavy atom. The summed E-state index contributed by atoms with van der Waals surface area (Å²) in [4.78, 5) is 1.53. The topological polar surface area (TPSA) is 43.6 Å². The fourth-order valence-electron chi connectivity index (χ4n) is 1.26. The molecule has 0 N–H and O–H groups in total. The average molecular weight is 235 g/mol. The highest BCUT2D eigenvalue weighted by Gasteiger charge is 2.03. The van der Waals surface area contributed by atoms with E-state index in [1.54, 1.807) is 0 Å². The molecule has 4 nitrogen and oxygen atoms in total. The van der Waals surface area contributed by atoms with Gasteiger partial charge in [-0.25, -0.2) is 0 Å². The van der Waals surface area contributed by atoms with Crippen LogP contribution in [0.25, 0.3) is 11.4 Å². The van der Waals surface area contributed by atoms with Crippen molar-refractivity contribution in [3.8, 4) is 11.4 Å². The lowest BCUT2D eigenvalue weighted by Crippen LogP contribution is -1.99. The van der Waals surface area contributed by atoms with E-state index in [2.05, 4.69) is 15.4 Å². The molecule has 0 aliphatic heterocycles. The molecule has 0 radical (unpaired) electrons. The molecule has 82 valence electrons. The van der Waals surface area contributed by atoms with Crippen LogP contribution in [0.2, 0.25) is 0 Å². The molecule has 0 bridgehead atoms. The number of hydrogen-bond donors (Lipinski definition) is 0. The predicted octanol–water partition coefficient (Wildman–Crippen LogP) is 2.14. The van der Waals surface area contributed by atoms with Crippen molar-refractivity contribution >= 4 is 11.6 Å². The van der Waals surface area contributed by atoms with Gasteiger partial charge in [-0.2, -0.15) is 4.80 Å². The first-order chi connectivity index (χ1) is 7.90. The molecule has 0 amide bonds. The maximum atomic E-state index is 5.52. The molecule has 0 saturated heterocycles. The predicted molar refractivity (Wildman–Crippen MR) is 63.1 cm³/mol. The smallest absolute Gasteiger partial charge is 0.160 e. The molecule has 2 rings (SSSR count). The highest BCUT2D eigenvalue weighted by molar-refractivity contribution is 6.18. The van der Waals surface area contributed by atoms with E-state index >= 15 is 0 Å². The molecule has 0 spiro atoms. The van der Waals surface area contributed by atoms with Gasteiger partial charge < -0.3 is 0 Å². The number of benzene rings is 1. The van der Waals surface area contributed by atoms with E-state index in [1.165, 1.54) is 4.80 Å². The number of halogens is 1. The second-order valence-electron chi connectivity index (χ2n) is 3.16. The maximum absolute atomic E-state index is 5.52. The van der Waals surface area contributed by atoms with E-state index in [9.17, 15) is 0 Å². The van der Waals surface area contributed by atoms with E-state index < -0.39 is 0 Å². The van der Waals surface area contributed by atoms with Gasteiger partial charge in [0.05, 0.1) is 6.54 Å². The van der Waals surface area contributed by atoms with Gasteiger partial charge in [0.1, 0.15) is 0 Å². The Bertz CT molecular complexity index is 464. The van der Waals surface area contributed by atoms with Crippen LogP contribution in [0.3, 0.4) is 0 Å². The van der Waals surface area contributed by atoms with Gasteiger partial charge in [-0.15, -0.1) is 21.8 Å². The summed E-state index contributed by atoms with van der Waals surface area (Å²) in [6.45, 7) is 0.590. The lowest BCUT2D eigenvalue weighted by atomic mass is 10.2. The molecule has 0 aliphatic carbocycles. The molecule has 0 saturated carbocycles. The molecule has 1 aromatic heterocycles. The molecule has 0 unspecified atom stereocenters. The Kier molecular flexibility index (Phi) is 3.66. The molecule has 0 fully saturated rings. The third kappa shape index (κ3) is 2.67. The van der Waals surface area contributed by atoms with Crippen LogP contribution in [-0.4, -0.2) is 26.1 Å². The minimum absolute atomic E-state index is 0.500. The van der Waals surface area contributed by atoms with Crippen molar-refractivity contribution in [2.45, 2.75) is 6.54 Å². The van der Waals surface area contributed by atoms with Gasteiger partial charge in [0, 0.05) is 11.4 Å². The van der Waals surface area contributed by atoms with E-state index in [0.717, 1.165) is 5.56 Å². The van der Waals surface area contributed by atoms with Gasteiger partial charge in [0.2, 0.25) is 5.82 Å². The monoisotopic (exact) mass is 234 g/mol. The van der Waals surface area contributed by atoms with E-state index in [-0.39, 0.29) is 0 Å². The number of hydrogen-bond acceptors (Lipinski definition) is 3. The maximum Gasteiger partial charge on any atom is 0.204 e. The van der Waals surface area contributed by atoms with Gasteiger partial charge in [0.15, 0.2) is 0 Å². The van der Waals surface area contributed by atoms with Crippen LogP contribution in [0.15, 0.2) is 42.5 Å². The molecular formula is C11H11ClN4. The number of rotatable bonds is 4. The SMILES string of the molecule is ClCC=CCn1nnc(-c2ccccc2)n1. The summed E-state index contributed by atoms with van der Waals surface area (Å²) in [7, 11) is 0. The van der Waals surface area contributed by atoms with Crippen molar-refractivity contribution in [2.24, 2.45) is 0 Å². The minimum Gasteiger partial charge on any atom is -0.160 e. The summed E-state index contributed by atoms with van der Waals surface area (Å²) >= 11 is 5.52. The van der Waals surface area contributed by atoms with Crippen LogP contribution >= 0.6 is 11.6 Å². The molecule has 1 heterocycles. The molecule has 5 heteroatoms. The molecule has 0 aliphatic rings. The van der Waals surface area contributed by atoms with Gasteiger partial charge in [-0.1, -0.05) is 42.5 Å². The van der Waals surface area contributed by atoms with Crippen molar-refractivity contribution < 1.29 is 0 Å². The summed E-state index contributed by atoms with van der Waals surface area (Å²) in [6, 6.07) is 9.76. The lowest BCUT2D eigenvalue weighted by molar-refractivity contribution is 0.582. The van der Waals surface area contributed by atoms with Crippen molar-refractivity contribution in [1.29, 1.82) is 0 Å². The van der Waals surface area contributed by atoms with Gasteiger partial charge in [-0.05, 0) is 5.21 Å². The summed E-state index contributed by atoms with van der Waals surface area (Å²) in [5, 5.41) is 12.2. The summed E-state index contributed by atoms with van der Waals surface area (Å²) in [5.41, 5.74) is 0.968. The zero-order chi connectivity index (χ0) is 11.2. The van der Waals surface area contributed by atoms with Gasteiger partial charge in [0.25, 0.3) is 0 Å². The summed E-state index contributed by atoms with van der Waals surface area (Å²) < 4.78 is 0. The first kappa shape index (κ1) is 10.8. The number of alkyl halides is 1. The van der Waals surface area contributed by atoms with Crippen LogP contribution in [0, 0.1) is 0 Å². The summed E-state index contributed by atoms with van der Waals surface area (Å²) in [5.74, 6) is 1.14. The second kappa shape index (κ2) is 5.42. The van der Waals surface area contributed by atoms with E-state index in [1.807, 2.05) is 42.5 Å². The van der Waals surface area contributed by atoms with Crippen LogP contribution < -0.4 is 0 Å². The average Bonchev–Trinajstić information content (AvgIpc) is 2.79.